The maximum atomic E-state index is 5.63. The Morgan fingerprint density at radius 1 is 1.29 bits per heavy atom. The van der Waals surface area contributed by atoms with E-state index in [-0.39, 0.29) is 24.0 Å². The second kappa shape index (κ2) is 9.00. The van der Waals surface area contributed by atoms with Crippen LogP contribution in [0.15, 0.2) is 4.99 Å². The topological polar surface area (TPSA) is 49.3 Å². The number of hydrogen-bond donors (Lipinski definition) is 1. The minimum absolute atomic E-state index is 0. The number of aliphatic imine (C=N–C) groups is 1. The minimum atomic E-state index is 0. The predicted octanol–water partition coefficient (Wildman–Crippen LogP) is 1.40. The van der Waals surface area contributed by atoms with Crippen LogP contribution in [-0.2, 0) is 9.47 Å². The minimum Gasteiger partial charge on any atom is -0.381 e. The molecule has 24 heavy (non-hydrogen) atoms. The number of likely N-dealkylation sites (tertiary alicyclic amines) is 1. The van der Waals surface area contributed by atoms with E-state index in [4.69, 9.17) is 9.47 Å². The van der Waals surface area contributed by atoms with Crippen LogP contribution in [0.3, 0.4) is 0 Å². The second-order valence-electron chi connectivity index (χ2n) is 7.41. The van der Waals surface area contributed by atoms with Gasteiger partial charge >= 0.3 is 0 Å². The van der Waals surface area contributed by atoms with Crippen molar-refractivity contribution in [1.29, 1.82) is 0 Å². The number of guanidine groups is 1. The molecule has 7 heteroatoms. The summed E-state index contributed by atoms with van der Waals surface area (Å²) < 4.78 is 11.2. The van der Waals surface area contributed by atoms with Crippen molar-refractivity contribution >= 4 is 29.9 Å². The molecule has 1 N–H and O–H groups in total. The average Bonchev–Trinajstić information content (AvgIpc) is 3.19. The van der Waals surface area contributed by atoms with E-state index in [2.05, 4.69) is 34.0 Å². The van der Waals surface area contributed by atoms with Gasteiger partial charge < -0.3 is 19.7 Å². The third-order valence-corrected chi connectivity index (χ3v) is 5.68. The first-order chi connectivity index (χ1) is 11.1. The van der Waals surface area contributed by atoms with Crippen molar-refractivity contribution in [3.8, 4) is 0 Å². The molecule has 3 saturated heterocycles. The molecule has 1 spiro atoms. The highest BCUT2D eigenvalue weighted by Crippen LogP contribution is 2.38. The van der Waals surface area contributed by atoms with Gasteiger partial charge in [-0.15, -0.1) is 24.0 Å². The third kappa shape index (κ3) is 4.53. The van der Waals surface area contributed by atoms with Crippen molar-refractivity contribution in [1.82, 2.24) is 15.1 Å². The summed E-state index contributed by atoms with van der Waals surface area (Å²) in [5, 5.41) is 3.59. The summed E-state index contributed by atoms with van der Waals surface area (Å²) in [5.74, 6) is 1.04. The number of hydrogen-bond acceptors (Lipinski definition) is 4. The van der Waals surface area contributed by atoms with Gasteiger partial charge in [-0.05, 0) is 26.7 Å². The zero-order valence-electron chi connectivity index (χ0n) is 15.3. The molecule has 0 amide bonds. The van der Waals surface area contributed by atoms with Crippen molar-refractivity contribution < 1.29 is 9.47 Å². The Hall–Kier alpha value is -0.120. The molecule has 0 aromatic heterocycles. The molecule has 0 aliphatic carbocycles. The summed E-state index contributed by atoms with van der Waals surface area (Å²) in [6.07, 6.45) is 2.42. The molecule has 0 aromatic rings. The third-order valence-electron chi connectivity index (χ3n) is 5.68. The lowest BCUT2D eigenvalue weighted by Gasteiger charge is -2.38. The summed E-state index contributed by atoms with van der Waals surface area (Å²) in [6.45, 7) is 12.2. The molecule has 3 atom stereocenters. The summed E-state index contributed by atoms with van der Waals surface area (Å²) in [6, 6.07) is 0.977. The van der Waals surface area contributed by atoms with Crippen LogP contribution in [0, 0.1) is 5.41 Å². The highest BCUT2D eigenvalue weighted by molar-refractivity contribution is 14.0. The van der Waals surface area contributed by atoms with Gasteiger partial charge in [0.25, 0.3) is 0 Å². The SMILES string of the molecule is CN=C(NCC(C)N1CCOCC1C)N1CCC2(CCOC2)C1.I. The number of morpholine rings is 1. The zero-order valence-corrected chi connectivity index (χ0v) is 17.6. The van der Waals surface area contributed by atoms with Crippen LogP contribution in [0.4, 0.5) is 0 Å². The van der Waals surface area contributed by atoms with E-state index < -0.39 is 0 Å². The Balaban J connectivity index is 0.00000208. The van der Waals surface area contributed by atoms with Gasteiger partial charge in [-0.25, -0.2) is 0 Å². The van der Waals surface area contributed by atoms with Crippen LogP contribution in [0.25, 0.3) is 0 Å². The van der Waals surface area contributed by atoms with Crippen LogP contribution in [0.5, 0.6) is 0 Å². The molecule has 3 aliphatic heterocycles. The lowest BCUT2D eigenvalue weighted by Crippen LogP contribution is -2.53. The summed E-state index contributed by atoms with van der Waals surface area (Å²) in [7, 11) is 1.89. The lowest BCUT2D eigenvalue weighted by molar-refractivity contribution is -0.0175. The van der Waals surface area contributed by atoms with Crippen LogP contribution < -0.4 is 5.32 Å². The van der Waals surface area contributed by atoms with Crippen LogP contribution in [-0.4, -0.2) is 87.5 Å². The Morgan fingerprint density at radius 2 is 2.12 bits per heavy atom. The van der Waals surface area contributed by atoms with Crippen molar-refractivity contribution in [2.75, 3.05) is 59.7 Å². The molecule has 6 nitrogen and oxygen atoms in total. The molecule has 0 bridgehead atoms. The normalized spacial score (nSPS) is 32.9. The van der Waals surface area contributed by atoms with Crippen molar-refractivity contribution in [2.45, 2.75) is 38.8 Å². The van der Waals surface area contributed by atoms with Crippen LogP contribution >= 0.6 is 24.0 Å². The maximum Gasteiger partial charge on any atom is 0.193 e. The highest BCUT2D eigenvalue weighted by atomic mass is 127. The maximum absolute atomic E-state index is 5.63. The summed E-state index contributed by atoms with van der Waals surface area (Å²) in [4.78, 5) is 9.44. The molecule has 3 heterocycles. The smallest absolute Gasteiger partial charge is 0.193 e. The predicted molar refractivity (Wildman–Crippen MR) is 107 cm³/mol. The van der Waals surface area contributed by atoms with E-state index in [9.17, 15) is 0 Å². The molecular weight excluding hydrogens is 419 g/mol. The van der Waals surface area contributed by atoms with E-state index in [0.29, 0.717) is 17.5 Å². The Bertz CT molecular complexity index is 429. The average molecular weight is 452 g/mol. The zero-order chi connectivity index (χ0) is 16.3. The molecule has 3 fully saturated rings. The van der Waals surface area contributed by atoms with Crippen LogP contribution in [0.1, 0.15) is 26.7 Å². The van der Waals surface area contributed by atoms with Crippen LogP contribution in [0.2, 0.25) is 0 Å². The quantitative estimate of drug-likeness (QED) is 0.399. The van der Waals surface area contributed by atoms with Gasteiger partial charge in [-0.2, -0.15) is 0 Å². The molecule has 140 valence electrons. The number of halogens is 1. The van der Waals surface area contributed by atoms with E-state index in [1.807, 2.05) is 7.05 Å². The largest absolute Gasteiger partial charge is 0.381 e. The van der Waals surface area contributed by atoms with E-state index >= 15 is 0 Å². The van der Waals surface area contributed by atoms with Gasteiger partial charge in [0, 0.05) is 57.3 Å². The van der Waals surface area contributed by atoms with E-state index in [1.165, 1.54) is 12.8 Å². The van der Waals surface area contributed by atoms with Crippen molar-refractivity contribution in [2.24, 2.45) is 10.4 Å². The number of rotatable bonds is 3. The first-order valence-electron chi connectivity index (χ1n) is 9.00. The number of nitrogens with zero attached hydrogens (tertiary/aromatic N) is 3. The monoisotopic (exact) mass is 452 g/mol. The molecule has 3 aliphatic rings. The van der Waals surface area contributed by atoms with Crippen molar-refractivity contribution in [3.05, 3.63) is 0 Å². The molecule has 0 aromatic carbocycles. The second-order valence-corrected chi connectivity index (χ2v) is 7.41. The Morgan fingerprint density at radius 3 is 2.79 bits per heavy atom. The Labute approximate surface area is 163 Å². The highest BCUT2D eigenvalue weighted by Gasteiger charge is 2.42. The fourth-order valence-corrected chi connectivity index (χ4v) is 4.17. The molecule has 0 radical (unpaired) electrons. The fourth-order valence-electron chi connectivity index (χ4n) is 4.17. The first kappa shape index (κ1) is 20.2. The summed E-state index contributed by atoms with van der Waals surface area (Å²) >= 11 is 0. The van der Waals surface area contributed by atoms with Gasteiger partial charge in [0.15, 0.2) is 5.96 Å². The summed E-state index contributed by atoms with van der Waals surface area (Å²) in [5.41, 5.74) is 0.377. The first-order valence-corrected chi connectivity index (χ1v) is 9.00. The van der Waals surface area contributed by atoms with Gasteiger partial charge in [-0.1, -0.05) is 0 Å². The fraction of sp³-hybridized carbons (Fsp3) is 0.941. The molecule has 0 saturated carbocycles. The standard InChI is InChI=1S/C17H32N4O2.HI/c1-14(21-7-9-22-11-15(21)2)10-19-16(18-3)20-6-4-17(12-20)5-8-23-13-17;/h14-15H,4-13H2,1-3H3,(H,18,19);1H. The van der Waals surface area contributed by atoms with Gasteiger partial charge in [0.2, 0.25) is 0 Å². The van der Waals surface area contributed by atoms with E-state index in [0.717, 1.165) is 58.6 Å². The van der Waals surface area contributed by atoms with E-state index in [1.54, 1.807) is 0 Å². The van der Waals surface area contributed by atoms with Gasteiger partial charge in [0.05, 0.1) is 19.8 Å². The number of nitrogens with one attached hydrogen (secondary N) is 1. The Kier molecular flexibility index (Phi) is 7.58. The molecular formula is C17H33IN4O2. The van der Waals surface area contributed by atoms with Gasteiger partial charge in [0.1, 0.15) is 0 Å². The molecule has 3 rings (SSSR count). The lowest BCUT2D eigenvalue weighted by atomic mass is 9.87. The van der Waals surface area contributed by atoms with Crippen molar-refractivity contribution in [3.63, 3.8) is 0 Å². The van der Waals surface area contributed by atoms with Gasteiger partial charge in [-0.3, -0.25) is 9.89 Å². The number of ether oxygens (including phenoxy) is 2. The molecule has 3 unspecified atom stereocenters.